The molecule has 2 aliphatic rings. The Morgan fingerprint density at radius 3 is 2.45 bits per heavy atom. The number of hydrogen-bond donors (Lipinski definition) is 0. The Labute approximate surface area is 196 Å². The van der Waals surface area contributed by atoms with E-state index in [4.69, 9.17) is 0 Å². The molecular formula is C22H23N5O4S2. The van der Waals surface area contributed by atoms with Gasteiger partial charge in [-0.15, -0.1) is 10.2 Å². The zero-order valence-electron chi connectivity index (χ0n) is 18.0. The Kier molecular flexibility index (Phi) is 5.61. The lowest BCUT2D eigenvalue weighted by atomic mass is 10.3. The number of rotatable bonds is 9. The van der Waals surface area contributed by atoms with Crippen LogP contribution in [0.25, 0.3) is 0 Å². The predicted octanol–water partition coefficient (Wildman–Crippen LogP) is 4.77. The molecule has 2 fully saturated rings. The molecule has 172 valence electrons. The van der Waals surface area contributed by atoms with Gasteiger partial charge in [-0.3, -0.25) is 14.4 Å². The molecule has 0 bridgehead atoms. The molecule has 2 aliphatic carbocycles. The van der Waals surface area contributed by atoms with Crippen LogP contribution in [0, 0.1) is 10.1 Å². The van der Waals surface area contributed by atoms with Crippen molar-refractivity contribution in [2.45, 2.75) is 59.5 Å². The van der Waals surface area contributed by atoms with E-state index in [2.05, 4.69) is 14.8 Å². The van der Waals surface area contributed by atoms with E-state index in [1.165, 1.54) is 28.2 Å². The largest absolute Gasteiger partial charge is 0.302 e. The van der Waals surface area contributed by atoms with Crippen molar-refractivity contribution in [3.63, 3.8) is 0 Å². The Morgan fingerprint density at radius 2 is 1.85 bits per heavy atom. The van der Waals surface area contributed by atoms with Crippen LogP contribution in [0.15, 0.2) is 63.5 Å². The third kappa shape index (κ3) is 4.22. The second-order valence-electron chi connectivity index (χ2n) is 8.21. The van der Waals surface area contributed by atoms with Gasteiger partial charge in [0.1, 0.15) is 5.82 Å². The first-order valence-corrected chi connectivity index (χ1v) is 13.1. The van der Waals surface area contributed by atoms with E-state index in [0.29, 0.717) is 27.7 Å². The molecular weight excluding hydrogens is 462 g/mol. The van der Waals surface area contributed by atoms with Crippen molar-refractivity contribution in [3.05, 3.63) is 64.5 Å². The van der Waals surface area contributed by atoms with Crippen LogP contribution in [0.4, 0.5) is 11.4 Å². The number of hydrogen-bond acceptors (Lipinski definition) is 7. The highest BCUT2D eigenvalue weighted by molar-refractivity contribution is 7.99. The van der Waals surface area contributed by atoms with Gasteiger partial charge in [-0.2, -0.15) is 0 Å². The smallest absolute Gasteiger partial charge is 0.284 e. The van der Waals surface area contributed by atoms with Crippen LogP contribution in [-0.4, -0.2) is 34.7 Å². The Balaban J connectivity index is 1.50. The highest BCUT2D eigenvalue weighted by Gasteiger charge is 2.37. The minimum atomic E-state index is -3.97. The SMILES string of the molecule is CCN(c1ccccc1)S(=O)(=O)c1ccc(Sc2nnc(C3CC3)n2C2CC2)c([N+](=O)[O-])c1. The first kappa shape index (κ1) is 21.9. The third-order valence-electron chi connectivity index (χ3n) is 5.79. The summed E-state index contributed by atoms with van der Waals surface area (Å²) >= 11 is 1.17. The van der Waals surface area contributed by atoms with Crippen molar-refractivity contribution in [2.75, 3.05) is 10.8 Å². The monoisotopic (exact) mass is 485 g/mol. The first-order valence-electron chi connectivity index (χ1n) is 10.9. The number of anilines is 1. The summed E-state index contributed by atoms with van der Waals surface area (Å²) in [5.41, 5.74) is 0.245. The van der Waals surface area contributed by atoms with Gasteiger partial charge in [0.05, 0.1) is 20.4 Å². The van der Waals surface area contributed by atoms with Crippen molar-refractivity contribution < 1.29 is 13.3 Å². The maximum Gasteiger partial charge on any atom is 0.284 e. The highest BCUT2D eigenvalue weighted by atomic mass is 32.2. The number of aromatic nitrogens is 3. The first-order chi connectivity index (χ1) is 15.9. The zero-order chi connectivity index (χ0) is 23.2. The fourth-order valence-corrected chi connectivity index (χ4v) is 6.34. The summed E-state index contributed by atoms with van der Waals surface area (Å²) in [7, 11) is -3.97. The molecule has 0 aliphatic heterocycles. The molecule has 33 heavy (non-hydrogen) atoms. The molecule has 0 saturated heterocycles. The average Bonchev–Trinajstić information content (AvgIpc) is 3.74. The highest BCUT2D eigenvalue weighted by Crippen LogP contribution is 2.47. The van der Waals surface area contributed by atoms with Crippen LogP contribution < -0.4 is 4.31 Å². The maximum atomic E-state index is 13.3. The summed E-state index contributed by atoms with van der Waals surface area (Å²) in [5.74, 6) is 1.39. The van der Waals surface area contributed by atoms with E-state index >= 15 is 0 Å². The number of nitrogens with zero attached hydrogens (tertiary/aromatic N) is 5. The van der Waals surface area contributed by atoms with E-state index in [0.717, 1.165) is 37.6 Å². The third-order valence-corrected chi connectivity index (χ3v) is 8.72. The van der Waals surface area contributed by atoms with E-state index in [1.54, 1.807) is 37.3 Å². The van der Waals surface area contributed by atoms with E-state index < -0.39 is 14.9 Å². The molecule has 0 N–H and O–H groups in total. The fourth-order valence-electron chi connectivity index (χ4n) is 3.85. The van der Waals surface area contributed by atoms with Gasteiger partial charge in [-0.1, -0.05) is 18.2 Å². The maximum absolute atomic E-state index is 13.3. The molecule has 0 atom stereocenters. The minimum absolute atomic E-state index is 0.119. The zero-order valence-corrected chi connectivity index (χ0v) is 19.6. The van der Waals surface area contributed by atoms with Gasteiger partial charge in [0.15, 0.2) is 5.16 Å². The average molecular weight is 486 g/mol. The van der Waals surface area contributed by atoms with Crippen LogP contribution in [0.2, 0.25) is 0 Å². The summed E-state index contributed by atoms with van der Waals surface area (Å²) in [6.45, 7) is 1.93. The number of sulfonamides is 1. The molecule has 0 spiro atoms. The van der Waals surface area contributed by atoms with Crippen LogP contribution in [0.1, 0.15) is 50.4 Å². The predicted molar refractivity (Wildman–Crippen MR) is 124 cm³/mol. The second kappa shape index (κ2) is 8.45. The van der Waals surface area contributed by atoms with Crippen molar-refractivity contribution in [3.8, 4) is 0 Å². The molecule has 2 aromatic carbocycles. The van der Waals surface area contributed by atoms with Gasteiger partial charge in [-0.25, -0.2) is 8.42 Å². The molecule has 1 heterocycles. The van der Waals surface area contributed by atoms with Crippen LogP contribution >= 0.6 is 11.8 Å². The van der Waals surface area contributed by atoms with Crippen molar-refractivity contribution in [1.29, 1.82) is 0 Å². The van der Waals surface area contributed by atoms with Crippen LogP contribution in [-0.2, 0) is 10.0 Å². The molecule has 1 aromatic heterocycles. The fraction of sp³-hybridized carbons (Fsp3) is 0.364. The standard InChI is InChI=1S/C22H23N5O4S2/c1-2-25(16-6-4-3-5-7-16)33(30,31)18-12-13-20(19(14-18)27(28)29)32-22-24-23-21(15-8-9-15)26(22)17-10-11-17/h3-7,12-15,17H,2,8-11H2,1H3. The van der Waals surface area contributed by atoms with Gasteiger partial charge < -0.3 is 4.57 Å². The number of benzene rings is 2. The molecule has 11 heteroatoms. The quantitative estimate of drug-likeness (QED) is 0.317. The number of nitro benzene ring substituents is 1. The van der Waals surface area contributed by atoms with Gasteiger partial charge >= 0.3 is 0 Å². The van der Waals surface area contributed by atoms with Crippen molar-refractivity contribution in [1.82, 2.24) is 14.8 Å². The summed E-state index contributed by atoms with van der Waals surface area (Å²) in [6.07, 6.45) is 4.29. The van der Waals surface area contributed by atoms with Crippen LogP contribution in [0.3, 0.4) is 0 Å². The molecule has 3 aromatic rings. The lowest BCUT2D eigenvalue weighted by molar-refractivity contribution is -0.388. The summed E-state index contributed by atoms with van der Waals surface area (Å²) < 4.78 is 30.0. The lowest BCUT2D eigenvalue weighted by Gasteiger charge is -2.23. The van der Waals surface area contributed by atoms with E-state index in [-0.39, 0.29) is 17.1 Å². The Morgan fingerprint density at radius 1 is 1.12 bits per heavy atom. The molecule has 5 rings (SSSR count). The Hall–Kier alpha value is -2.92. The molecule has 2 saturated carbocycles. The normalized spacial score (nSPS) is 16.0. The topological polar surface area (TPSA) is 111 Å². The Bertz CT molecular complexity index is 1300. The number of nitro groups is 1. The van der Waals surface area contributed by atoms with Gasteiger partial charge in [0.2, 0.25) is 0 Å². The molecule has 0 radical (unpaired) electrons. The molecule has 0 amide bonds. The van der Waals surface area contributed by atoms with Crippen molar-refractivity contribution in [2.24, 2.45) is 0 Å². The van der Waals surface area contributed by atoms with Gasteiger partial charge in [0.25, 0.3) is 15.7 Å². The minimum Gasteiger partial charge on any atom is -0.302 e. The lowest BCUT2D eigenvalue weighted by Crippen LogP contribution is -2.30. The number of para-hydroxylation sites is 1. The van der Waals surface area contributed by atoms with Crippen LogP contribution in [0.5, 0.6) is 0 Å². The van der Waals surface area contributed by atoms with E-state index in [9.17, 15) is 18.5 Å². The molecule has 9 nitrogen and oxygen atoms in total. The van der Waals surface area contributed by atoms with Gasteiger partial charge in [0, 0.05) is 24.6 Å². The van der Waals surface area contributed by atoms with E-state index in [1.807, 2.05) is 0 Å². The molecule has 0 unspecified atom stereocenters. The summed E-state index contributed by atoms with van der Waals surface area (Å²) in [6, 6.07) is 13.1. The summed E-state index contributed by atoms with van der Waals surface area (Å²) in [5, 5.41) is 21.2. The van der Waals surface area contributed by atoms with Gasteiger partial charge in [-0.05, 0) is 68.6 Å². The van der Waals surface area contributed by atoms with Crippen molar-refractivity contribution >= 4 is 33.2 Å². The second-order valence-corrected chi connectivity index (χ2v) is 11.1. The summed E-state index contributed by atoms with van der Waals surface area (Å²) in [4.78, 5) is 11.6.